The van der Waals surface area contributed by atoms with E-state index in [1.54, 1.807) is 24.3 Å². The van der Waals surface area contributed by atoms with Crippen molar-refractivity contribution in [1.82, 2.24) is 5.32 Å². The first-order valence-electron chi connectivity index (χ1n) is 6.02. The van der Waals surface area contributed by atoms with Crippen molar-refractivity contribution in [3.05, 3.63) is 29.8 Å². The van der Waals surface area contributed by atoms with Gasteiger partial charge in [0.2, 0.25) is 5.91 Å². The van der Waals surface area contributed by atoms with Gasteiger partial charge in [-0.05, 0) is 17.7 Å². The van der Waals surface area contributed by atoms with Crippen LogP contribution in [0.3, 0.4) is 0 Å². The van der Waals surface area contributed by atoms with Crippen molar-refractivity contribution >= 4 is 17.7 Å². The van der Waals surface area contributed by atoms with Crippen LogP contribution in [-0.2, 0) is 16.1 Å². The highest BCUT2D eigenvalue weighted by Gasteiger charge is 2.32. The van der Waals surface area contributed by atoms with Crippen LogP contribution >= 0.6 is 0 Å². The Hall–Kier alpha value is -2.08. The van der Waals surface area contributed by atoms with E-state index in [1.807, 2.05) is 0 Å². The number of hydrogen-bond acceptors (Lipinski definition) is 4. The van der Waals surface area contributed by atoms with Gasteiger partial charge in [0.1, 0.15) is 6.10 Å². The van der Waals surface area contributed by atoms with Crippen LogP contribution in [0.2, 0.25) is 0 Å². The molecule has 2 amide bonds. The number of hydrogen-bond donors (Lipinski definition) is 2. The van der Waals surface area contributed by atoms with E-state index in [4.69, 9.17) is 9.84 Å². The van der Waals surface area contributed by atoms with Gasteiger partial charge in [-0.25, -0.2) is 4.79 Å². The maximum atomic E-state index is 11.7. The van der Waals surface area contributed by atoms with E-state index in [1.165, 1.54) is 11.8 Å². The van der Waals surface area contributed by atoms with Crippen molar-refractivity contribution in [1.29, 1.82) is 0 Å². The molecule has 0 saturated carbocycles. The number of rotatable bonds is 4. The Morgan fingerprint density at radius 2 is 2.16 bits per heavy atom. The molecular formula is C13H16N2O4. The van der Waals surface area contributed by atoms with Crippen molar-refractivity contribution in [3.8, 4) is 0 Å². The molecule has 1 aliphatic heterocycles. The summed E-state index contributed by atoms with van der Waals surface area (Å²) in [6.07, 6.45) is -0.763. The van der Waals surface area contributed by atoms with E-state index in [9.17, 15) is 9.59 Å². The Bertz CT molecular complexity index is 472. The summed E-state index contributed by atoms with van der Waals surface area (Å²) < 4.78 is 5.16. The summed E-state index contributed by atoms with van der Waals surface area (Å²) >= 11 is 0. The third kappa shape index (κ3) is 3.23. The van der Waals surface area contributed by atoms with Gasteiger partial charge in [-0.3, -0.25) is 9.69 Å². The lowest BCUT2D eigenvalue weighted by molar-refractivity contribution is -0.119. The summed E-state index contributed by atoms with van der Waals surface area (Å²) in [5.41, 5.74) is 1.50. The standard InChI is InChI=1S/C13H16N2O4/c1-9(17)14-6-12-7-15(13(18)19-12)11-4-2-10(8-16)3-5-11/h2-5,12,16H,6-8H2,1H3,(H,14,17)/t12-/m0/s1. The first kappa shape index (κ1) is 13.4. The zero-order valence-electron chi connectivity index (χ0n) is 10.6. The first-order valence-corrected chi connectivity index (χ1v) is 6.02. The SMILES string of the molecule is CC(=O)NC[C@H]1CN(c2ccc(CO)cc2)C(=O)O1. The van der Waals surface area contributed by atoms with Crippen LogP contribution in [0, 0.1) is 0 Å². The number of nitrogens with one attached hydrogen (secondary N) is 1. The highest BCUT2D eigenvalue weighted by atomic mass is 16.6. The van der Waals surface area contributed by atoms with Crippen molar-refractivity contribution < 1.29 is 19.4 Å². The molecule has 1 heterocycles. The second-order valence-corrected chi connectivity index (χ2v) is 4.38. The van der Waals surface area contributed by atoms with E-state index >= 15 is 0 Å². The first-order chi connectivity index (χ1) is 9.10. The summed E-state index contributed by atoms with van der Waals surface area (Å²) in [6.45, 7) is 2.10. The van der Waals surface area contributed by atoms with Crippen LogP contribution < -0.4 is 10.2 Å². The lowest BCUT2D eigenvalue weighted by Crippen LogP contribution is -2.33. The quantitative estimate of drug-likeness (QED) is 0.836. The van der Waals surface area contributed by atoms with Crippen LogP contribution in [-0.4, -0.2) is 36.3 Å². The summed E-state index contributed by atoms with van der Waals surface area (Å²) in [5, 5.41) is 11.6. The molecule has 102 valence electrons. The minimum absolute atomic E-state index is 0.0319. The average Bonchev–Trinajstić information content (AvgIpc) is 2.78. The molecule has 0 radical (unpaired) electrons. The van der Waals surface area contributed by atoms with Crippen LogP contribution in [0.15, 0.2) is 24.3 Å². The Kier molecular flexibility index (Phi) is 4.01. The molecule has 19 heavy (non-hydrogen) atoms. The van der Waals surface area contributed by atoms with E-state index < -0.39 is 6.09 Å². The molecule has 0 unspecified atom stereocenters. The highest BCUT2D eigenvalue weighted by Crippen LogP contribution is 2.21. The number of ether oxygens (including phenoxy) is 1. The minimum atomic E-state index is -0.424. The van der Waals surface area contributed by atoms with Crippen molar-refractivity contribution in [2.75, 3.05) is 18.0 Å². The normalized spacial score (nSPS) is 18.3. The molecule has 0 aliphatic carbocycles. The molecule has 1 aromatic carbocycles. The van der Waals surface area contributed by atoms with Crippen LogP contribution in [0.1, 0.15) is 12.5 Å². The lowest BCUT2D eigenvalue weighted by Gasteiger charge is -2.13. The predicted octanol–water partition coefficient (Wildman–Crippen LogP) is 0.640. The van der Waals surface area contributed by atoms with Gasteiger partial charge in [0.05, 0.1) is 19.7 Å². The third-order valence-corrected chi connectivity index (χ3v) is 2.88. The largest absolute Gasteiger partial charge is 0.442 e. The summed E-state index contributed by atoms with van der Waals surface area (Å²) in [4.78, 5) is 24.0. The zero-order chi connectivity index (χ0) is 13.8. The Morgan fingerprint density at radius 3 is 2.74 bits per heavy atom. The number of amides is 2. The Labute approximate surface area is 111 Å². The lowest BCUT2D eigenvalue weighted by atomic mass is 10.2. The molecule has 6 heteroatoms. The van der Waals surface area contributed by atoms with Gasteiger partial charge in [0.25, 0.3) is 0 Å². The smallest absolute Gasteiger partial charge is 0.414 e. The summed E-state index contributed by atoms with van der Waals surface area (Å²) in [7, 11) is 0. The van der Waals surface area contributed by atoms with Crippen molar-refractivity contribution in [2.45, 2.75) is 19.6 Å². The van der Waals surface area contributed by atoms with Gasteiger partial charge in [-0.2, -0.15) is 0 Å². The second kappa shape index (κ2) is 5.71. The van der Waals surface area contributed by atoms with Gasteiger partial charge in [0.15, 0.2) is 0 Å². The van der Waals surface area contributed by atoms with E-state index in [-0.39, 0.29) is 18.6 Å². The molecule has 1 aromatic rings. The molecule has 6 nitrogen and oxygen atoms in total. The van der Waals surface area contributed by atoms with Crippen molar-refractivity contribution in [3.63, 3.8) is 0 Å². The molecule has 0 spiro atoms. The second-order valence-electron chi connectivity index (χ2n) is 4.38. The number of aliphatic hydroxyl groups excluding tert-OH is 1. The monoisotopic (exact) mass is 264 g/mol. The van der Waals surface area contributed by atoms with Crippen molar-refractivity contribution in [2.24, 2.45) is 0 Å². The van der Waals surface area contributed by atoms with Gasteiger partial charge < -0.3 is 15.2 Å². The fourth-order valence-electron chi connectivity index (χ4n) is 1.88. The molecular weight excluding hydrogens is 248 g/mol. The van der Waals surface area contributed by atoms with E-state index in [0.717, 1.165) is 5.56 Å². The number of carbonyl (C=O) groups excluding carboxylic acids is 2. The van der Waals surface area contributed by atoms with Crippen LogP contribution in [0.25, 0.3) is 0 Å². The topological polar surface area (TPSA) is 78.9 Å². The molecule has 2 rings (SSSR count). The molecule has 1 saturated heterocycles. The number of carbonyl (C=O) groups is 2. The summed E-state index contributed by atoms with van der Waals surface area (Å²) in [5.74, 6) is -0.151. The number of cyclic esters (lactones) is 1. The minimum Gasteiger partial charge on any atom is -0.442 e. The maximum Gasteiger partial charge on any atom is 0.414 e. The highest BCUT2D eigenvalue weighted by molar-refractivity contribution is 5.89. The average molecular weight is 264 g/mol. The van der Waals surface area contributed by atoms with Gasteiger partial charge in [-0.1, -0.05) is 12.1 Å². The van der Waals surface area contributed by atoms with E-state index in [0.29, 0.717) is 18.8 Å². The summed E-state index contributed by atoms with van der Waals surface area (Å²) in [6, 6.07) is 7.02. The maximum absolute atomic E-state index is 11.7. The van der Waals surface area contributed by atoms with Gasteiger partial charge in [-0.15, -0.1) is 0 Å². The zero-order valence-corrected chi connectivity index (χ0v) is 10.6. The van der Waals surface area contributed by atoms with Crippen LogP contribution in [0.4, 0.5) is 10.5 Å². The predicted molar refractivity (Wildman–Crippen MR) is 68.7 cm³/mol. The molecule has 0 aromatic heterocycles. The van der Waals surface area contributed by atoms with E-state index in [2.05, 4.69) is 5.32 Å². The Balaban J connectivity index is 2.00. The third-order valence-electron chi connectivity index (χ3n) is 2.88. The number of aliphatic hydroxyl groups is 1. The fourth-order valence-corrected chi connectivity index (χ4v) is 1.88. The van der Waals surface area contributed by atoms with Gasteiger partial charge >= 0.3 is 6.09 Å². The molecule has 1 aliphatic rings. The number of nitrogens with zero attached hydrogens (tertiary/aromatic N) is 1. The molecule has 1 atom stereocenters. The fraction of sp³-hybridized carbons (Fsp3) is 0.385. The van der Waals surface area contributed by atoms with Crippen LogP contribution in [0.5, 0.6) is 0 Å². The molecule has 0 bridgehead atoms. The Morgan fingerprint density at radius 1 is 1.47 bits per heavy atom. The molecule has 1 fully saturated rings. The number of benzene rings is 1. The molecule has 2 N–H and O–H groups in total. The van der Waals surface area contributed by atoms with Gasteiger partial charge in [0, 0.05) is 12.6 Å². The number of anilines is 1.